The van der Waals surface area contributed by atoms with Crippen LogP contribution < -0.4 is 11.1 Å². The van der Waals surface area contributed by atoms with E-state index in [1.54, 1.807) is 0 Å². The summed E-state index contributed by atoms with van der Waals surface area (Å²) in [5.41, 5.74) is 5.28. The van der Waals surface area contributed by atoms with Crippen LogP contribution in [0.3, 0.4) is 0 Å². The van der Waals surface area contributed by atoms with Gasteiger partial charge in [-0.25, -0.2) is 0 Å². The van der Waals surface area contributed by atoms with Gasteiger partial charge in [-0.3, -0.25) is 10.1 Å². The lowest BCUT2D eigenvalue weighted by Crippen LogP contribution is -2.46. The Morgan fingerprint density at radius 2 is 2.21 bits per heavy atom. The molecule has 0 atom stereocenters. The first kappa shape index (κ1) is 14.4. The van der Waals surface area contributed by atoms with Crippen molar-refractivity contribution in [2.75, 3.05) is 25.1 Å². The molecule has 1 aromatic heterocycles. The van der Waals surface area contributed by atoms with Crippen LogP contribution in [-0.2, 0) is 16.0 Å². The molecule has 2 rings (SSSR count). The van der Waals surface area contributed by atoms with Crippen molar-refractivity contribution in [3.8, 4) is 0 Å². The third-order valence-electron chi connectivity index (χ3n) is 3.47. The number of hydrogen-bond acceptors (Lipinski definition) is 6. The van der Waals surface area contributed by atoms with Gasteiger partial charge in [0.1, 0.15) is 5.01 Å². The molecule has 0 radical (unpaired) electrons. The second-order valence-corrected chi connectivity index (χ2v) is 5.86. The highest BCUT2D eigenvalue weighted by molar-refractivity contribution is 7.15. The Kier molecular flexibility index (Phi) is 4.84. The van der Waals surface area contributed by atoms with Crippen molar-refractivity contribution in [2.24, 2.45) is 11.1 Å². The number of anilines is 1. The molecule has 6 nitrogen and oxygen atoms in total. The first-order chi connectivity index (χ1) is 9.20. The van der Waals surface area contributed by atoms with E-state index in [2.05, 4.69) is 22.4 Å². The van der Waals surface area contributed by atoms with Crippen molar-refractivity contribution in [1.82, 2.24) is 10.2 Å². The average Bonchev–Trinajstić information content (AvgIpc) is 2.87. The van der Waals surface area contributed by atoms with Crippen LogP contribution in [0.1, 0.15) is 31.2 Å². The summed E-state index contributed by atoms with van der Waals surface area (Å²) in [6.07, 6.45) is 3.24. The molecular weight excluding hydrogens is 264 g/mol. The number of rotatable bonds is 5. The number of carbonyl (C=O) groups excluding carboxylic acids is 1. The van der Waals surface area contributed by atoms with Crippen LogP contribution in [0.2, 0.25) is 0 Å². The second-order valence-electron chi connectivity index (χ2n) is 4.80. The Balaban J connectivity index is 2.01. The van der Waals surface area contributed by atoms with E-state index in [1.807, 2.05) is 0 Å². The molecule has 0 spiro atoms. The molecule has 0 aliphatic carbocycles. The number of aromatic nitrogens is 2. The van der Waals surface area contributed by atoms with Gasteiger partial charge < -0.3 is 10.5 Å². The zero-order chi connectivity index (χ0) is 13.7. The smallest absolute Gasteiger partial charge is 0.233 e. The number of ether oxygens (including phenoxy) is 1. The molecule has 7 heteroatoms. The lowest BCUT2D eigenvalue weighted by Gasteiger charge is -2.34. The van der Waals surface area contributed by atoms with E-state index >= 15 is 0 Å². The van der Waals surface area contributed by atoms with Gasteiger partial charge in [0.2, 0.25) is 11.0 Å². The third-order valence-corrected chi connectivity index (χ3v) is 4.37. The standard InChI is InChI=1S/C12H20N4O2S/c1-2-3-9-15-16-11(19-9)14-10(17)12(8-13)4-6-18-7-5-12/h2-8,13H2,1H3,(H,14,16,17). The molecule has 0 bridgehead atoms. The Morgan fingerprint density at radius 1 is 1.47 bits per heavy atom. The largest absolute Gasteiger partial charge is 0.381 e. The highest BCUT2D eigenvalue weighted by atomic mass is 32.1. The Hall–Kier alpha value is -1.05. The summed E-state index contributed by atoms with van der Waals surface area (Å²) in [7, 11) is 0. The van der Waals surface area contributed by atoms with Gasteiger partial charge >= 0.3 is 0 Å². The van der Waals surface area contributed by atoms with E-state index in [9.17, 15) is 4.79 Å². The fraction of sp³-hybridized carbons (Fsp3) is 0.750. The maximum atomic E-state index is 12.4. The van der Waals surface area contributed by atoms with Crippen LogP contribution >= 0.6 is 11.3 Å². The summed E-state index contributed by atoms with van der Waals surface area (Å²) in [5, 5.41) is 12.4. The van der Waals surface area contributed by atoms with Crippen molar-refractivity contribution in [1.29, 1.82) is 0 Å². The Bertz CT molecular complexity index is 429. The first-order valence-electron chi connectivity index (χ1n) is 6.62. The predicted octanol–water partition coefficient (Wildman–Crippen LogP) is 1.18. The van der Waals surface area contributed by atoms with Gasteiger partial charge in [0, 0.05) is 26.2 Å². The molecule has 1 amide bonds. The molecule has 1 aliphatic heterocycles. The van der Waals surface area contributed by atoms with E-state index in [0.29, 0.717) is 37.7 Å². The van der Waals surface area contributed by atoms with Gasteiger partial charge in [-0.1, -0.05) is 18.3 Å². The number of carbonyl (C=O) groups is 1. The third kappa shape index (κ3) is 3.29. The fourth-order valence-corrected chi connectivity index (χ4v) is 2.97. The van der Waals surface area contributed by atoms with Gasteiger partial charge in [0.05, 0.1) is 5.41 Å². The lowest BCUT2D eigenvalue weighted by atomic mass is 9.79. The lowest BCUT2D eigenvalue weighted by molar-refractivity contribution is -0.130. The van der Waals surface area contributed by atoms with Gasteiger partial charge in [0.25, 0.3) is 0 Å². The monoisotopic (exact) mass is 284 g/mol. The maximum absolute atomic E-state index is 12.4. The van der Waals surface area contributed by atoms with E-state index in [1.165, 1.54) is 11.3 Å². The number of nitrogens with one attached hydrogen (secondary N) is 1. The summed E-state index contributed by atoms with van der Waals surface area (Å²) in [4.78, 5) is 12.4. The van der Waals surface area contributed by atoms with Crippen molar-refractivity contribution >= 4 is 22.4 Å². The Labute approximate surface area is 116 Å². The molecular formula is C12H20N4O2S. The molecule has 3 N–H and O–H groups in total. The number of aryl methyl sites for hydroxylation is 1. The van der Waals surface area contributed by atoms with Crippen LogP contribution in [0.25, 0.3) is 0 Å². The van der Waals surface area contributed by atoms with E-state index in [-0.39, 0.29) is 5.91 Å². The van der Waals surface area contributed by atoms with E-state index < -0.39 is 5.41 Å². The first-order valence-corrected chi connectivity index (χ1v) is 7.43. The van der Waals surface area contributed by atoms with Crippen molar-refractivity contribution in [2.45, 2.75) is 32.6 Å². The maximum Gasteiger partial charge on any atom is 0.233 e. The zero-order valence-corrected chi connectivity index (χ0v) is 12.0. The number of amides is 1. The summed E-state index contributed by atoms with van der Waals surface area (Å²) in [6.45, 7) is 3.59. The zero-order valence-electron chi connectivity index (χ0n) is 11.1. The van der Waals surface area contributed by atoms with Crippen molar-refractivity contribution in [3.63, 3.8) is 0 Å². The predicted molar refractivity (Wildman–Crippen MR) is 74.1 cm³/mol. The molecule has 0 unspecified atom stereocenters. The SMILES string of the molecule is CCCc1nnc(NC(=O)C2(CN)CCOCC2)s1. The number of nitrogens with two attached hydrogens (primary N) is 1. The highest BCUT2D eigenvalue weighted by Crippen LogP contribution is 2.31. The van der Waals surface area contributed by atoms with Gasteiger partial charge in [0.15, 0.2) is 0 Å². The highest BCUT2D eigenvalue weighted by Gasteiger charge is 2.39. The van der Waals surface area contributed by atoms with E-state index in [0.717, 1.165) is 17.8 Å². The summed E-state index contributed by atoms with van der Waals surface area (Å²) in [6, 6.07) is 0. The number of hydrogen-bond donors (Lipinski definition) is 2. The molecule has 2 heterocycles. The molecule has 0 aromatic carbocycles. The van der Waals surface area contributed by atoms with Crippen LogP contribution in [0.4, 0.5) is 5.13 Å². The normalized spacial score (nSPS) is 18.2. The topological polar surface area (TPSA) is 90.1 Å². The minimum atomic E-state index is -0.519. The molecule has 1 aliphatic rings. The van der Waals surface area contributed by atoms with Gasteiger partial charge in [-0.2, -0.15) is 0 Å². The van der Waals surface area contributed by atoms with Crippen LogP contribution in [0.15, 0.2) is 0 Å². The van der Waals surface area contributed by atoms with Crippen molar-refractivity contribution < 1.29 is 9.53 Å². The van der Waals surface area contributed by atoms with Crippen LogP contribution in [0, 0.1) is 5.41 Å². The number of nitrogens with zero attached hydrogens (tertiary/aromatic N) is 2. The average molecular weight is 284 g/mol. The van der Waals surface area contributed by atoms with E-state index in [4.69, 9.17) is 10.5 Å². The minimum Gasteiger partial charge on any atom is -0.381 e. The molecule has 1 saturated heterocycles. The fourth-order valence-electron chi connectivity index (χ4n) is 2.13. The second kappa shape index (κ2) is 6.40. The van der Waals surface area contributed by atoms with Gasteiger partial charge in [-0.05, 0) is 19.3 Å². The molecule has 1 aromatic rings. The molecule has 1 fully saturated rings. The van der Waals surface area contributed by atoms with Crippen LogP contribution in [-0.4, -0.2) is 35.9 Å². The molecule has 19 heavy (non-hydrogen) atoms. The molecule has 106 valence electrons. The van der Waals surface area contributed by atoms with Crippen molar-refractivity contribution in [3.05, 3.63) is 5.01 Å². The summed E-state index contributed by atoms with van der Waals surface area (Å²) >= 11 is 1.43. The summed E-state index contributed by atoms with van der Waals surface area (Å²) in [5.74, 6) is -0.0579. The summed E-state index contributed by atoms with van der Waals surface area (Å²) < 4.78 is 5.30. The molecule has 0 saturated carbocycles. The quantitative estimate of drug-likeness (QED) is 0.847. The Morgan fingerprint density at radius 3 is 2.84 bits per heavy atom. The minimum absolute atomic E-state index is 0.0579. The van der Waals surface area contributed by atoms with Gasteiger partial charge in [-0.15, -0.1) is 10.2 Å². The van der Waals surface area contributed by atoms with Crippen LogP contribution in [0.5, 0.6) is 0 Å².